The standard InChI is InChI=1S/C21H27N3O3/c1-2-22-10-12-23(13-11-22)19(25)15-8-9-17-18(14-15)21(27)24(20(17)26)16-6-4-3-5-7-16/h8-9,14,16H,2-7,10-13H2,1H3. The summed E-state index contributed by atoms with van der Waals surface area (Å²) < 4.78 is 0. The van der Waals surface area contributed by atoms with Crippen LogP contribution in [-0.2, 0) is 0 Å². The molecule has 1 aromatic rings. The molecule has 6 nitrogen and oxygen atoms in total. The maximum Gasteiger partial charge on any atom is 0.261 e. The molecular formula is C21H27N3O3. The molecule has 1 saturated heterocycles. The first-order valence-corrected chi connectivity index (χ1v) is 10.1. The first-order chi connectivity index (χ1) is 13.1. The van der Waals surface area contributed by atoms with Gasteiger partial charge >= 0.3 is 0 Å². The van der Waals surface area contributed by atoms with Crippen LogP contribution in [0.15, 0.2) is 18.2 Å². The molecule has 0 radical (unpaired) electrons. The lowest BCUT2D eigenvalue weighted by molar-refractivity contribution is 0.0548. The number of carbonyl (C=O) groups excluding carboxylic acids is 3. The number of imide groups is 1. The van der Waals surface area contributed by atoms with Crippen LogP contribution in [0.2, 0.25) is 0 Å². The fourth-order valence-electron chi connectivity index (χ4n) is 4.51. The zero-order valence-corrected chi connectivity index (χ0v) is 15.9. The monoisotopic (exact) mass is 369 g/mol. The molecule has 4 rings (SSSR count). The largest absolute Gasteiger partial charge is 0.336 e. The number of carbonyl (C=O) groups is 3. The van der Waals surface area contributed by atoms with Crippen LogP contribution in [-0.4, -0.2) is 71.2 Å². The SMILES string of the molecule is CCN1CCN(C(=O)c2ccc3c(c2)C(=O)N(C2CCCCC2)C3=O)CC1. The van der Waals surface area contributed by atoms with Crippen LogP contribution in [0.5, 0.6) is 0 Å². The van der Waals surface area contributed by atoms with Gasteiger partial charge in [-0.15, -0.1) is 0 Å². The molecule has 2 aliphatic heterocycles. The van der Waals surface area contributed by atoms with Gasteiger partial charge in [-0.3, -0.25) is 19.3 Å². The topological polar surface area (TPSA) is 60.9 Å². The van der Waals surface area contributed by atoms with Gasteiger partial charge in [0.1, 0.15) is 0 Å². The number of amides is 3. The molecule has 1 saturated carbocycles. The third-order valence-electron chi connectivity index (χ3n) is 6.21. The van der Waals surface area contributed by atoms with E-state index in [4.69, 9.17) is 0 Å². The van der Waals surface area contributed by atoms with E-state index in [9.17, 15) is 14.4 Å². The molecule has 2 heterocycles. The second kappa shape index (κ2) is 7.43. The van der Waals surface area contributed by atoms with Crippen LogP contribution >= 0.6 is 0 Å². The Bertz CT molecular complexity index is 762. The maximum absolute atomic E-state index is 12.9. The molecule has 2 fully saturated rings. The molecule has 1 aromatic carbocycles. The lowest BCUT2D eigenvalue weighted by Crippen LogP contribution is -2.48. The summed E-state index contributed by atoms with van der Waals surface area (Å²) in [7, 11) is 0. The first kappa shape index (κ1) is 18.2. The third kappa shape index (κ3) is 3.27. The van der Waals surface area contributed by atoms with Crippen molar-refractivity contribution in [2.24, 2.45) is 0 Å². The zero-order chi connectivity index (χ0) is 19.0. The van der Waals surface area contributed by atoms with Gasteiger partial charge in [-0.1, -0.05) is 26.2 Å². The van der Waals surface area contributed by atoms with Gasteiger partial charge in [-0.25, -0.2) is 0 Å². The number of fused-ring (bicyclic) bond motifs is 1. The van der Waals surface area contributed by atoms with Gasteiger partial charge in [0.2, 0.25) is 0 Å². The van der Waals surface area contributed by atoms with Gasteiger partial charge in [0.25, 0.3) is 17.7 Å². The van der Waals surface area contributed by atoms with E-state index in [2.05, 4.69) is 11.8 Å². The molecule has 3 aliphatic rings. The van der Waals surface area contributed by atoms with Crippen LogP contribution in [0.3, 0.4) is 0 Å². The Morgan fingerprint density at radius 1 is 0.963 bits per heavy atom. The third-order valence-corrected chi connectivity index (χ3v) is 6.21. The Morgan fingerprint density at radius 3 is 2.30 bits per heavy atom. The first-order valence-electron chi connectivity index (χ1n) is 10.1. The average Bonchev–Trinajstić information content (AvgIpc) is 2.98. The summed E-state index contributed by atoms with van der Waals surface area (Å²) in [6.07, 6.45) is 5.07. The predicted octanol–water partition coefficient (Wildman–Crippen LogP) is 2.39. The van der Waals surface area contributed by atoms with Gasteiger partial charge in [-0.05, 0) is 37.6 Å². The maximum atomic E-state index is 12.9. The molecule has 1 aliphatic carbocycles. The quantitative estimate of drug-likeness (QED) is 0.768. The van der Waals surface area contributed by atoms with Crippen molar-refractivity contribution in [2.75, 3.05) is 32.7 Å². The van der Waals surface area contributed by atoms with Crippen LogP contribution < -0.4 is 0 Å². The summed E-state index contributed by atoms with van der Waals surface area (Å²) in [6.45, 7) is 6.27. The highest BCUT2D eigenvalue weighted by Crippen LogP contribution is 2.31. The molecule has 0 bridgehead atoms. The molecule has 0 N–H and O–H groups in total. The summed E-state index contributed by atoms with van der Waals surface area (Å²) >= 11 is 0. The number of hydrogen-bond acceptors (Lipinski definition) is 4. The van der Waals surface area contributed by atoms with Gasteiger partial charge in [-0.2, -0.15) is 0 Å². The fourth-order valence-corrected chi connectivity index (χ4v) is 4.51. The highest BCUT2D eigenvalue weighted by molar-refractivity contribution is 6.22. The van der Waals surface area contributed by atoms with E-state index < -0.39 is 0 Å². The minimum absolute atomic E-state index is 0.00687. The summed E-state index contributed by atoms with van der Waals surface area (Å²) in [4.78, 5) is 44.1. The summed E-state index contributed by atoms with van der Waals surface area (Å²) in [5.41, 5.74) is 1.34. The number of nitrogens with zero attached hydrogens (tertiary/aromatic N) is 3. The summed E-state index contributed by atoms with van der Waals surface area (Å²) in [5.74, 6) is -0.477. The highest BCUT2D eigenvalue weighted by Gasteiger charge is 2.40. The van der Waals surface area contributed by atoms with Crippen molar-refractivity contribution in [1.82, 2.24) is 14.7 Å². The highest BCUT2D eigenvalue weighted by atomic mass is 16.2. The lowest BCUT2D eigenvalue weighted by Gasteiger charge is -2.34. The van der Waals surface area contributed by atoms with E-state index >= 15 is 0 Å². The van der Waals surface area contributed by atoms with Gasteiger partial charge in [0.15, 0.2) is 0 Å². The zero-order valence-electron chi connectivity index (χ0n) is 15.9. The number of piperazine rings is 1. The lowest BCUT2D eigenvalue weighted by atomic mass is 9.94. The Morgan fingerprint density at radius 2 is 1.63 bits per heavy atom. The molecule has 0 unspecified atom stereocenters. The summed E-state index contributed by atoms with van der Waals surface area (Å²) in [6, 6.07) is 5.00. The second-order valence-corrected chi connectivity index (χ2v) is 7.76. The van der Waals surface area contributed by atoms with Crippen molar-refractivity contribution in [1.29, 1.82) is 0 Å². The van der Waals surface area contributed by atoms with Gasteiger partial charge in [0, 0.05) is 37.8 Å². The van der Waals surface area contributed by atoms with Crippen molar-refractivity contribution >= 4 is 17.7 Å². The second-order valence-electron chi connectivity index (χ2n) is 7.76. The van der Waals surface area contributed by atoms with Crippen molar-refractivity contribution in [3.63, 3.8) is 0 Å². The molecular weight excluding hydrogens is 342 g/mol. The smallest absolute Gasteiger partial charge is 0.261 e. The van der Waals surface area contributed by atoms with Crippen LogP contribution in [0, 0.1) is 0 Å². The van der Waals surface area contributed by atoms with Gasteiger partial charge < -0.3 is 9.80 Å². The Labute approximate surface area is 160 Å². The molecule has 144 valence electrons. The Balaban J connectivity index is 1.53. The van der Waals surface area contributed by atoms with Crippen LogP contribution in [0.4, 0.5) is 0 Å². The van der Waals surface area contributed by atoms with E-state index in [0.717, 1.165) is 45.3 Å². The molecule has 27 heavy (non-hydrogen) atoms. The minimum atomic E-state index is -0.229. The van der Waals surface area contributed by atoms with Crippen molar-refractivity contribution < 1.29 is 14.4 Å². The minimum Gasteiger partial charge on any atom is -0.336 e. The molecule has 0 aromatic heterocycles. The fraction of sp³-hybridized carbons (Fsp3) is 0.571. The number of rotatable bonds is 3. The van der Waals surface area contributed by atoms with Gasteiger partial charge in [0.05, 0.1) is 11.1 Å². The number of likely N-dealkylation sites (N-methyl/N-ethyl adjacent to an activating group) is 1. The molecule has 0 atom stereocenters. The Hall–Kier alpha value is -2.21. The normalized spacial score (nSPS) is 21.7. The van der Waals surface area contributed by atoms with Crippen LogP contribution in [0.25, 0.3) is 0 Å². The predicted molar refractivity (Wildman–Crippen MR) is 102 cm³/mol. The number of hydrogen-bond donors (Lipinski definition) is 0. The molecule has 3 amide bonds. The van der Waals surface area contributed by atoms with Crippen molar-refractivity contribution in [2.45, 2.75) is 45.1 Å². The molecule has 0 spiro atoms. The van der Waals surface area contributed by atoms with E-state index in [1.54, 1.807) is 18.2 Å². The van der Waals surface area contributed by atoms with E-state index in [1.807, 2.05) is 4.90 Å². The number of benzene rings is 1. The van der Waals surface area contributed by atoms with E-state index in [0.29, 0.717) is 29.8 Å². The van der Waals surface area contributed by atoms with Crippen LogP contribution in [0.1, 0.15) is 70.1 Å². The Kier molecular flexibility index (Phi) is 5.00. The average molecular weight is 369 g/mol. The van der Waals surface area contributed by atoms with E-state index in [-0.39, 0.29) is 23.8 Å². The molecule has 6 heteroatoms. The summed E-state index contributed by atoms with van der Waals surface area (Å²) in [5, 5.41) is 0. The van der Waals surface area contributed by atoms with Crippen molar-refractivity contribution in [3.05, 3.63) is 34.9 Å². The van der Waals surface area contributed by atoms with Crippen molar-refractivity contribution in [3.8, 4) is 0 Å². The van der Waals surface area contributed by atoms with E-state index in [1.165, 1.54) is 11.3 Å².